The van der Waals surface area contributed by atoms with Crippen LogP contribution in [0, 0.1) is 5.82 Å². The molecule has 0 unspecified atom stereocenters. The Kier molecular flexibility index (Phi) is 3.19. The maximum atomic E-state index is 13.7. The summed E-state index contributed by atoms with van der Waals surface area (Å²) in [6.07, 6.45) is 3.11. The van der Waals surface area contributed by atoms with Crippen molar-refractivity contribution in [3.05, 3.63) is 60.2 Å². The number of fused-ring (bicyclic) bond motifs is 1. The van der Waals surface area contributed by atoms with Crippen molar-refractivity contribution in [3.8, 4) is 0 Å². The average Bonchev–Trinajstić information content (AvgIpc) is 2.50. The largest absolute Gasteiger partial charge is 0.397 e. The van der Waals surface area contributed by atoms with E-state index in [9.17, 15) is 9.18 Å². The van der Waals surface area contributed by atoms with Crippen LogP contribution in [0.15, 0.2) is 48.8 Å². The molecule has 0 saturated heterocycles. The zero-order valence-electron chi connectivity index (χ0n) is 10.9. The van der Waals surface area contributed by atoms with Crippen molar-refractivity contribution in [2.75, 3.05) is 11.1 Å². The number of carbonyl (C=O) groups is 1. The first-order chi connectivity index (χ1) is 10.1. The molecule has 0 radical (unpaired) electrons. The summed E-state index contributed by atoms with van der Waals surface area (Å²) >= 11 is 0. The predicted molar refractivity (Wildman–Crippen MR) is 78.3 cm³/mol. The van der Waals surface area contributed by atoms with Gasteiger partial charge in [-0.1, -0.05) is 6.07 Å². The third kappa shape index (κ3) is 2.51. The number of carbonyl (C=O) groups excluding carboxylic acids is 1. The fraction of sp³-hybridized carbons (Fsp3) is 0. The second kappa shape index (κ2) is 5.16. The highest BCUT2D eigenvalue weighted by molar-refractivity contribution is 6.07. The summed E-state index contributed by atoms with van der Waals surface area (Å²) in [4.78, 5) is 20.4. The van der Waals surface area contributed by atoms with E-state index in [4.69, 9.17) is 5.73 Å². The molecule has 1 heterocycles. The van der Waals surface area contributed by atoms with Crippen molar-refractivity contribution in [2.45, 2.75) is 0 Å². The number of anilines is 2. The number of aromatic nitrogens is 2. The molecule has 0 bridgehead atoms. The Hall–Kier alpha value is -3.02. The lowest BCUT2D eigenvalue weighted by Gasteiger charge is -2.09. The summed E-state index contributed by atoms with van der Waals surface area (Å²) in [5, 5.41) is 2.47. The number of hydrogen-bond donors (Lipinski definition) is 2. The van der Waals surface area contributed by atoms with Gasteiger partial charge in [-0.3, -0.25) is 14.8 Å². The Morgan fingerprint density at radius 3 is 2.62 bits per heavy atom. The van der Waals surface area contributed by atoms with Gasteiger partial charge < -0.3 is 11.1 Å². The van der Waals surface area contributed by atoms with Crippen LogP contribution in [0.1, 0.15) is 10.4 Å². The van der Waals surface area contributed by atoms with E-state index in [1.165, 1.54) is 18.2 Å². The van der Waals surface area contributed by atoms with Crippen LogP contribution >= 0.6 is 0 Å². The predicted octanol–water partition coefficient (Wildman–Crippen LogP) is 2.60. The lowest BCUT2D eigenvalue weighted by atomic mass is 10.1. The quantitative estimate of drug-likeness (QED) is 0.708. The number of nitrogens with one attached hydrogen (secondary N) is 1. The van der Waals surface area contributed by atoms with E-state index in [1.54, 1.807) is 30.6 Å². The van der Waals surface area contributed by atoms with Crippen LogP contribution in [0.4, 0.5) is 15.8 Å². The van der Waals surface area contributed by atoms with Crippen molar-refractivity contribution in [1.29, 1.82) is 0 Å². The summed E-state index contributed by atoms with van der Waals surface area (Å²) in [7, 11) is 0. The van der Waals surface area contributed by atoms with Crippen molar-refractivity contribution in [1.82, 2.24) is 9.97 Å². The van der Waals surface area contributed by atoms with Gasteiger partial charge >= 0.3 is 0 Å². The van der Waals surface area contributed by atoms with Gasteiger partial charge in [0.05, 0.1) is 16.7 Å². The van der Waals surface area contributed by atoms with Crippen LogP contribution in [0.2, 0.25) is 0 Å². The van der Waals surface area contributed by atoms with E-state index in [1.807, 2.05) is 0 Å². The summed E-state index contributed by atoms with van der Waals surface area (Å²) in [5.41, 5.74) is 7.43. The Bertz CT molecular complexity index is 815. The number of para-hydroxylation sites is 1. The van der Waals surface area contributed by atoms with Crippen LogP contribution in [0.25, 0.3) is 11.0 Å². The standard InChI is InChI=1S/C15H11FN4O/c16-10-2-1-3-11(17)14(10)20-15(21)9-4-5-12-13(8-9)19-7-6-18-12/h1-8H,17H2,(H,20,21). The van der Waals surface area contributed by atoms with E-state index in [2.05, 4.69) is 15.3 Å². The molecule has 5 nitrogen and oxygen atoms in total. The highest BCUT2D eigenvalue weighted by Gasteiger charge is 2.12. The van der Waals surface area contributed by atoms with Gasteiger partial charge in [-0.15, -0.1) is 0 Å². The van der Waals surface area contributed by atoms with Gasteiger partial charge in [-0.25, -0.2) is 4.39 Å². The molecule has 3 rings (SSSR count). The highest BCUT2D eigenvalue weighted by atomic mass is 19.1. The van der Waals surface area contributed by atoms with E-state index in [0.29, 0.717) is 16.6 Å². The summed E-state index contributed by atoms with van der Waals surface area (Å²) in [6.45, 7) is 0. The molecule has 0 aliphatic heterocycles. The number of rotatable bonds is 2. The van der Waals surface area contributed by atoms with Crippen molar-refractivity contribution < 1.29 is 9.18 Å². The Labute approximate surface area is 119 Å². The molecule has 1 amide bonds. The lowest BCUT2D eigenvalue weighted by molar-refractivity contribution is 0.102. The van der Waals surface area contributed by atoms with Gasteiger partial charge in [-0.2, -0.15) is 0 Å². The zero-order chi connectivity index (χ0) is 14.8. The summed E-state index contributed by atoms with van der Waals surface area (Å²) in [6, 6.07) is 9.11. The number of nitrogen functional groups attached to an aromatic ring is 1. The second-order valence-electron chi connectivity index (χ2n) is 4.42. The summed E-state index contributed by atoms with van der Waals surface area (Å²) < 4.78 is 13.7. The van der Waals surface area contributed by atoms with Gasteiger partial charge in [0, 0.05) is 18.0 Å². The zero-order valence-corrected chi connectivity index (χ0v) is 10.9. The van der Waals surface area contributed by atoms with E-state index in [0.717, 1.165) is 0 Å². The fourth-order valence-corrected chi connectivity index (χ4v) is 1.96. The highest BCUT2D eigenvalue weighted by Crippen LogP contribution is 2.22. The summed E-state index contributed by atoms with van der Waals surface area (Å²) in [5.74, 6) is -1.04. The maximum absolute atomic E-state index is 13.7. The van der Waals surface area contributed by atoms with Gasteiger partial charge in [0.2, 0.25) is 0 Å². The molecule has 0 aliphatic rings. The first-order valence-electron chi connectivity index (χ1n) is 6.21. The lowest BCUT2D eigenvalue weighted by Crippen LogP contribution is -2.14. The Morgan fingerprint density at radius 1 is 1.10 bits per heavy atom. The van der Waals surface area contributed by atoms with Gasteiger partial charge in [0.15, 0.2) is 0 Å². The van der Waals surface area contributed by atoms with Crippen LogP contribution in [-0.2, 0) is 0 Å². The normalized spacial score (nSPS) is 10.5. The molecule has 6 heteroatoms. The fourth-order valence-electron chi connectivity index (χ4n) is 1.96. The first-order valence-corrected chi connectivity index (χ1v) is 6.21. The molecular weight excluding hydrogens is 271 g/mol. The van der Waals surface area contributed by atoms with Crippen LogP contribution < -0.4 is 11.1 Å². The first kappa shape index (κ1) is 13.0. The van der Waals surface area contributed by atoms with E-state index in [-0.39, 0.29) is 11.4 Å². The molecule has 2 aromatic carbocycles. The molecule has 0 atom stereocenters. The topological polar surface area (TPSA) is 80.9 Å². The number of nitrogens with two attached hydrogens (primary N) is 1. The molecule has 104 valence electrons. The number of amides is 1. The molecule has 0 aliphatic carbocycles. The average molecular weight is 282 g/mol. The van der Waals surface area contributed by atoms with Crippen LogP contribution in [0.5, 0.6) is 0 Å². The smallest absolute Gasteiger partial charge is 0.255 e. The molecule has 3 aromatic rings. The molecular formula is C15H11FN4O. The van der Waals surface area contributed by atoms with Crippen LogP contribution in [-0.4, -0.2) is 15.9 Å². The molecule has 0 spiro atoms. The molecule has 3 N–H and O–H groups in total. The molecule has 0 fully saturated rings. The minimum atomic E-state index is -0.580. The third-order valence-electron chi connectivity index (χ3n) is 3.02. The third-order valence-corrected chi connectivity index (χ3v) is 3.02. The molecule has 0 saturated carbocycles. The number of hydrogen-bond acceptors (Lipinski definition) is 4. The maximum Gasteiger partial charge on any atom is 0.255 e. The van der Waals surface area contributed by atoms with Crippen molar-refractivity contribution in [2.24, 2.45) is 0 Å². The molecule has 1 aromatic heterocycles. The SMILES string of the molecule is Nc1cccc(F)c1NC(=O)c1ccc2nccnc2c1. The Morgan fingerprint density at radius 2 is 1.86 bits per heavy atom. The minimum absolute atomic E-state index is 0.0262. The number of nitrogens with zero attached hydrogens (tertiary/aromatic N) is 2. The van der Waals surface area contributed by atoms with E-state index < -0.39 is 11.7 Å². The monoisotopic (exact) mass is 282 g/mol. The van der Waals surface area contributed by atoms with Crippen molar-refractivity contribution >= 4 is 28.3 Å². The Balaban J connectivity index is 1.94. The van der Waals surface area contributed by atoms with Gasteiger partial charge in [-0.05, 0) is 30.3 Å². The number of benzene rings is 2. The van der Waals surface area contributed by atoms with Crippen molar-refractivity contribution in [3.63, 3.8) is 0 Å². The second-order valence-corrected chi connectivity index (χ2v) is 4.42. The van der Waals surface area contributed by atoms with Crippen LogP contribution in [0.3, 0.4) is 0 Å². The molecule has 21 heavy (non-hydrogen) atoms. The van der Waals surface area contributed by atoms with Gasteiger partial charge in [0.1, 0.15) is 11.5 Å². The number of halogens is 1. The van der Waals surface area contributed by atoms with Gasteiger partial charge in [0.25, 0.3) is 5.91 Å². The minimum Gasteiger partial charge on any atom is -0.397 e. The van der Waals surface area contributed by atoms with E-state index >= 15 is 0 Å².